The van der Waals surface area contributed by atoms with Crippen LogP contribution in [0, 0.1) is 11.6 Å². The van der Waals surface area contributed by atoms with Crippen molar-refractivity contribution in [1.29, 1.82) is 0 Å². The maximum atomic E-state index is 13.5. The van der Waals surface area contributed by atoms with Crippen molar-refractivity contribution in [3.8, 4) is 0 Å². The van der Waals surface area contributed by atoms with E-state index in [0.29, 0.717) is 11.6 Å². The molecule has 1 saturated heterocycles. The van der Waals surface area contributed by atoms with E-state index in [1.165, 1.54) is 12.1 Å². The first-order chi connectivity index (χ1) is 10.1. The van der Waals surface area contributed by atoms with Gasteiger partial charge in [0.15, 0.2) is 11.6 Å². The van der Waals surface area contributed by atoms with Crippen molar-refractivity contribution >= 4 is 5.91 Å². The van der Waals surface area contributed by atoms with Crippen LogP contribution in [0.1, 0.15) is 30.9 Å². The zero-order chi connectivity index (χ0) is 15.0. The van der Waals surface area contributed by atoms with Crippen molar-refractivity contribution in [3.63, 3.8) is 0 Å². The molecular weight excluding hydrogens is 274 g/mol. The van der Waals surface area contributed by atoms with Crippen molar-refractivity contribution in [2.24, 2.45) is 0 Å². The molecule has 1 amide bonds. The first kappa shape index (κ1) is 14.2. The molecule has 1 aromatic rings. The van der Waals surface area contributed by atoms with Crippen molar-refractivity contribution in [2.45, 2.75) is 37.4 Å². The highest BCUT2D eigenvalue weighted by atomic mass is 19.2. The zero-order valence-corrected chi connectivity index (χ0v) is 11.7. The Kier molecular flexibility index (Phi) is 3.76. The van der Waals surface area contributed by atoms with Crippen LogP contribution in [0.25, 0.3) is 0 Å². The van der Waals surface area contributed by atoms with Crippen LogP contribution < -0.4 is 5.32 Å². The summed E-state index contributed by atoms with van der Waals surface area (Å²) in [6.45, 7) is 4.31. The number of rotatable bonds is 4. The monoisotopic (exact) mass is 292 g/mol. The summed E-state index contributed by atoms with van der Waals surface area (Å²) >= 11 is 0. The zero-order valence-electron chi connectivity index (χ0n) is 11.7. The molecule has 2 atom stereocenters. The summed E-state index contributed by atoms with van der Waals surface area (Å²) in [4.78, 5) is 13.9. The maximum Gasteiger partial charge on any atom is 0.243 e. The summed E-state index contributed by atoms with van der Waals surface area (Å²) < 4.78 is 26.7. The third-order valence-electron chi connectivity index (χ3n) is 4.25. The number of carbonyl (C=O) groups is 1. The Morgan fingerprint density at radius 2 is 2.05 bits per heavy atom. The van der Waals surface area contributed by atoms with E-state index in [4.69, 9.17) is 0 Å². The second kappa shape index (κ2) is 5.56. The minimum absolute atomic E-state index is 0.0963. The Balaban J connectivity index is 1.89. The van der Waals surface area contributed by atoms with E-state index >= 15 is 0 Å². The summed E-state index contributed by atoms with van der Waals surface area (Å²) in [6.07, 6.45) is 4.30. The van der Waals surface area contributed by atoms with Gasteiger partial charge in [0.25, 0.3) is 0 Å². The third kappa shape index (κ3) is 2.83. The lowest BCUT2D eigenvalue weighted by molar-refractivity contribution is -0.117. The molecule has 1 heterocycles. The van der Waals surface area contributed by atoms with Gasteiger partial charge >= 0.3 is 0 Å². The standard InChI is InChI=1S/C16H18F2N2O/c1-2-15(21)19-14-7-8-20(11-4-5-11)16(14)10-3-6-12(17)13(18)9-10/h2-3,6,9,11,14,16H,1,4-5,7-8H2,(H,19,21)/t14-,16+/m1/s1. The fourth-order valence-electron chi connectivity index (χ4n) is 3.15. The number of likely N-dealkylation sites (tertiary alicyclic amines) is 1. The van der Waals surface area contributed by atoms with Crippen LogP contribution in [-0.4, -0.2) is 29.4 Å². The van der Waals surface area contributed by atoms with Crippen molar-refractivity contribution < 1.29 is 13.6 Å². The smallest absolute Gasteiger partial charge is 0.243 e. The van der Waals surface area contributed by atoms with Crippen LogP contribution in [0.15, 0.2) is 30.9 Å². The van der Waals surface area contributed by atoms with E-state index in [-0.39, 0.29) is 18.0 Å². The maximum absolute atomic E-state index is 13.5. The fourth-order valence-corrected chi connectivity index (χ4v) is 3.15. The van der Waals surface area contributed by atoms with Gasteiger partial charge in [-0.1, -0.05) is 12.6 Å². The van der Waals surface area contributed by atoms with Gasteiger partial charge in [0.1, 0.15) is 0 Å². The van der Waals surface area contributed by atoms with E-state index in [0.717, 1.165) is 31.9 Å². The topological polar surface area (TPSA) is 32.3 Å². The Morgan fingerprint density at radius 3 is 2.67 bits per heavy atom. The highest BCUT2D eigenvalue weighted by molar-refractivity contribution is 5.87. The van der Waals surface area contributed by atoms with Crippen molar-refractivity contribution in [2.75, 3.05) is 6.54 Å². The minimum atomic E-state index is -0.846. The molecule has 3 rings (SSSR count). The van der Waals surface area contributed by atoms with Crippen LogP contribution in [0.5, 0.6) is 0 Å². The van der Waals surface area contributed by atoms with Crippen LogP contribution in [0.4, 0.5) is 8.78 Å². The van der Waals surface area contributed by atoms with Crippen molar-refractivity contribution in [3.05, 3.63) is 48.1 Å². The summed E-state index contributed by atoms with van der Waals surface area (Å²) in [5, 5.41) is 2.91. The van der Waals surface area contributed by atoms with E-state index in [2.05, 4.69) is 16.8 Å². The van der Waals surface area contributed by atoms with Crippen LogP contribution in [-0.2, 0) is 4.79 Å². The highest BCUT2D eigenvalue weighted by Crippen LogP contribution is 2.41. The molecule has 21 heavy (non-hydrogen) atoms. The average Bonchev–Trinajstić information content (AvgIpc) is 3.23. The molecule has 0 aromatic heterocycles. The number of nitrogens with zero attached hydrogens (tertiary/aromatic N) is 1. The van der Waals surface area contributed by atoms with Crippen molar-refractivity contribution in [1.82, 2.24) is 10.2 Å². The first-order valence-electron chi connectivity index (χ1n) is 7.24. The number of amides is 1. The van der Waals surface area contributed by atoms with Gasteiger partial charge in [-0.15, -0.1) is 0 Å². The lowest BCUT2D eigenvalue weighted by atomic mass is 9.99. The molecule has 0 bridgehead atoms. The fraction of sp³-hybridized carbons (Fsp3) is 0.438. The molecule has 2 aliphatic rings. The molecule has 1 saturated carbocycles. The summed E-state index contributed by atoms with van der Waals surface area (Å²) in [5.74, 6) is -1.92. The second-order valence-electron chi connectivity index (χ2n) is 5.70. The number of nitrogens with one attached hydrogen (secondary N) is 1. The largest absolute Gasteiger partial charge is 0.348 e. The number of halogens is 2. The Morgan fingerprint density at radius 1 is 1.29 bits per heavy atom. The van der Waals surface area contributed by atoms with Gasteiger partial charge in [0.2, 0.25) is 5.91 Å². The molecule has 1 aliphatic heterocycles. The van der Waals surface area contributed by atoms with Crippen LogP contribution >= 0.6 is 0 Å². The molecule has 0 spiro atoms. The summed E-state index contributed by atoms with van der Waals surface area (Å²) in [5.41, 5.74) is 0.715. The quantitative estimate of drug-likeness (QED) is 0.865. The Hall–Kier alpha value is -1.75. The van der Waals surface area contributed by atoms with E-state index in [1.54, 1.807) is 6.07 Å². The Bertz CT molecular complexity index is 571. The molecule has 1 aliphatic carbocycles. The van der Waals surface area contributed by atoms with Gasteiger partial charge in [-0.25, -0.2) is 8.78 Å². The SMILES string of the molecule is C=CC(=O)N[C@@H]1CCN(C2CC2)[C@H]1c1ccc(F)c(F)c1. The molecule has 3 nitrogen and oxygen atoms in total. The van der Waals surface area contributed by atoms with Gasteiger partial charge in [-0.3, -0.25) is 9.69 Å². The molecule has 1 aromatic carbocycles. The molecule has 1 N–H and O–H groups in total. The molecular formula is C16H18F2N2O. The number of carbonyl (C=O) groups excluding carboxylic acids is 1. The van der Waals surface area contributed by atoms with E-state index in [9.17, 15) is 13.6 Å². The molecule has 0 unspecified atom stereocenters. The highest BCUT2D eigenvalue weighted by Gasteiger charge is 2.43. The predicted molar refractivity (Wildman–Crippen MR) is 75.6 cm³/mol. The normalized spacial score (nSPS) is 25.8. The molecule has 112 valence electrons. The van der Waals surface area contributed by atoms with E-state index < -0.39 is 11.6 Å². The average molecular weight is 292 g/mol. The minimum Gasteiger partial charge on any atom is -0.348 e. The number of benzene rings is 1. The van der Waals surface area contributed by atoms with Crippen LogP contribution in [0.2, 0.25) is 0 Å². The van der Waals surface area contributed by atoms with Crippen LogP contribution in [0.3, 0.4) is 0 Å². The summed E-state index contributed by atoms with van der Waals surface area (Å²) in [6, 6.07) is 4.30. The molecule has 2 fully saturated rings. The third-order valence-corrected chi connectivity index (χ3v) is 4.25. The lowest BCUT2D eigenvalue weighted by Crippen LogP contribution is -2.39. The predicted octanol–water partition coefficient (Wildman–Crippen LogP) is 2.54. The number of hydrogen-bond donors (Lipinski definition) is 1. The van der Waals surface area contributed by atoms with Gasteiger partial charge < -0.3 is 5.32 Å². The second-order valence-corrected chi connectivity index (χ2v) is 5.70. The van der Waals surface area contributed by atoms with E-state index in [1.807, 2.05) is 0 Å². The van der Waals surface area contributed by atoms with Gasteiger partial charge in [0, 0.05) is 12.6 Å². The molecule has 0 radical (unpaired) electrons. The summed E-state index contributed by atoms with van der Waals surface area (Å²) in [7, 11) is 0. The first-order valence-corrected chi connectivity index (χ1v) is 7.24. The lowest BCUT2D eigenvalue weighted by Gasteiger charge is -2.29. The number of hydrogen-bond acceptors (Lipinski definition) is 2. The van der Waals surface area contributed by atoms with Gasteiger partial charge in [0.05, 0.1) is 12.1 Å². The Labute approximate surface area is 122 Å². The van der Waals surface area contributed by atoms with Gasteiger partial charge in [-0.05, 0) is 43.0 Å². The van der Waals surface area contributed by atoms with Gasteiger partial charge in [-0.2, -0.15) is 0 Å². The molecule has 5 heteroatoms.